The van der Waals surface area contributed by atoms with Crippen LogP contribution >= 0.6 is 11.3 Å². The minimum absolute atomic E-state index is 0.0668. The van der Waals surface area contributed by atoms with Crippen molar-refractivity contribution in [1.29, 1.82) is 0 Å². The van der Waals surface area contributed by atoms with Gasteiger partial charge in [-0.25, -0.2) is 4.98 Å². The first-order valence-corrected chi connectivity index (χ1v) is 11.0. The molecule has 0 aliphatic carbocycles. The Bertz CT molecular complexity index is 1370. The number of para-hydroxylation sites is 1. The van der Waals surface area contributed by atoms with E-state index in [9.17, 15) is 9.59 Å². The summed E-state index contributed by atoms with van der Waals surface area (Å²) in [6, 6.07) is 13.9. The Morgan fingerprint density at radius 3 is 2.81 bits per heavy atom. The summed E-state index contributed by atoms with van der Waals surface area (Å²) >= 11 is 1.50. The molecule has 2 aliphatic rings. The summed E-state index contributed by atoms with van der Waals surface area (Å²) in [5.41, 5.74) is 3.32. The summed E-state index contributed by atoms with van der Waals surface area (Å²) in [5, 5.41) is 8.19. The third-order valence-electron chi connectivity index (χ3n) is 6.21. The van der Waals surface area contributed by atoms with Gasteiger partial charge in [0.25, 0.3) is 0 Å². The number of likely N-dealkylation sites (N-methyl/N-ethyl adjacent to an activating group) is 1. The molecule has 31 heavy (non-hydrogen) atoms. The van der Waals surface area contributed by atoms with Crippen LogP contribution in [0.25, 0.3) is 15.3 Å². The van der Waals surface area contributed by atoms with Crippen molar-refractivity contribution in [3.8, 4) is 5.13 Å². The second kappa shape index (κ2) is 6.24. The molecule has 8 heteroatoms. The van der Waals surface area contributed by atoms with Crippen LogP contribution in [-0.4, -0.2) is 33.1 Å². The fourth-order valence-corrected chi connectivity index (χ4v) is 5.75. The second-order valence-corrected chi connectivity index (χ2v) is 8.99. The van der Waals surface area contributed by atoms with Gasteiger partial charge in [0.15, 0.2) is 0 Å². The molecule has 1 atom stereocenters. The molecule has 4 heterocycles. The minimum Gasteiger partial charge on any atom is -0.311 e. The van der Waals surface area contributed by atoms with Gasteiger partial charge in [0.2, 0.25) is 16.9 Å². The Balaban J connectivity index is 1.61. The topological polar surface area (TPSA) is 80.1 Å². The number of carbonyl (C=O) groups is 2. The van der Waals surface area contributed by atoms with E-state index in [-0.39, 0.29) is 18.2 Å². The number of anilines is 2. The van der Waals surface area contributed by atoms with Crippen molar-refractivity contribution in [3.63, 3.8) is 0 Å². The molecule has 4 aromatic rings. The molecule has 0 radical (unpaired) electrons. The van der Waals surface area contributed by atoms with Gasteiger partial charge in [0.05, 0.1) is 16.4 Å². The van der Waals surface area contributed by atoms with Gasteiger partial charge < -0.3 is 10.2 Å². The van der Waals surface area contributed by atoms with Crippen LogP contribution in [0.1, 0.15) is 30.0 Å². The summed E-state index contributed by atoms with van der Waals surface area (Å²) in [4.78, 5) is 33.2. The zero-order valence-corrected chi connectivity index (χ0v) is 17.9. The van der Waals surface area contributed by atoms with E-state index in [4.69, 9.17) is 0 Å². The maximum atomic E-state index is 13.8. The van der Waals surface area contributed by atoms with Crippen molar-refractivity contribution in [2.45, 2.75) is 25.7 Å². The Morgan fingerprint density at radius 1 is 1.16 bits per heavy atom. The molecule has 7 nitrogen and oxygen atoms in total. The van der Waals surface area contributed by atoms with Crippen LogP contribution in [0.3, 0.4) is 0 Å². The van der Waals surface area contributed by atoms with Crippen LogP contribution in [0.4, 0.5) is 11.5 Å². The zero-order chi connectivity index (χ0) is 21.3. The molecule has 2 amide bonds. The van der Waals surface area contributed by atoms with Gasteiger partial charge >= 0.3 is 0 Å². The molecule has 6 rings (SSSR count). The third kappa shape index (κ3) is 2.33. The molecule has 2 aromatic carbocycles. The maximum Gasteiger partial charge on any atom is 0.242 e. The summed E-state index contributed by atoms with van der Waals surface area (Å²) in [6.45, 7) is 4.50. The molecule has 0 fully saturated rings. The van der Waals surface area contributed by atoms with Crippen molar-refractivity contribution in [1.82, 2.24) is 14.8 Å². The molecule has 1 spiro atoms. The summed E-state index contributed by atoms with van der Waals surface area (Å²) in [7, 11) is 0. The predicted molar refractivity (Wildman–Crippen MR) is 120 cm³/mol. The molecular formula is C23H19N5O2S. The number of carbonyl (C=O) groups excluding carboxylic acids is 2. The Hall–Kier alpha value is -3.52. The highest BCUT2D eigenvalue weighted by Gasteiger charge is 2.57. The molecule has 2 aliphatic heterocycles. The van der Waals surface area contributed by atoms with Crippen LogP contribution in [0.2, 0.25) is 0 Å². The largest absolute Gasteiger partial charge is 0.311 e. The lowest BCUT2D eigenvalue weighted by Gasteiger charge is -2.32. The number of aryl methyl sites for hydroxylation is 1. The highest BCUT2D eigenvalue weighted by molar-refractivity contribution is 7.20. The number of fused-ring (bicyclic) bond motifs is 5. The first kappa shape index (κ1) is 18.3. The highest BCUT2D eigenvalue weighted by atomic mass is 32.1. The predicted octanol–water partition coefficient (Wildman–Crippen LogP) is 3.79. The number of rotatable bonds is 2. The summed E-state index contributed by atoms with van der Waals surface area (Å²) < 4.78 is 2.68. The fraction of sp³-hybridized carbons (Fsp3) is 0.217. The quantitative estimate of drug-likeness (QED) is 0.526. The fourth-order valence-electron chi connectivity index (χ4n) is 4.82. The van der Waals surface area contributed by atoms with E-state index < -0.39 is 5.41 Å². The molecule has 1 N–H and O–H groups in total. The SMILES string of the molecule is CCN1C(=O)C2(CC(=O)Nc3c2cnn3-c2nc3ccccc3s2)c2cc(C)ccc21. The molecule has 0 bridgehead atoms. The first-order valence-electron chi connectivity index (χ1n) is 10.2. The lowest BCUT2D eigenvalue weighted by Crippen LogP contribution is -2.46. The Labute approximate surface area is 182 Å². The van der Waals surface area contributed by atoms with E-state index in [1.807, 2.05) is 56.3 Å². The summed E-state index contributed by atoms with van der Waals surface area (Å²) in [6.07, 6.45) is 1.78. The van der Waals surface area contributed by atoms with E-state index in [0.717, 1.165) is 32.6 Å². The number of aromatic nitrogens is 3. The van der Waals surface area contributed by atoms with Crippen molar-refractivity contribution in [2.24, 2.45) is 0 Å². The lowest BCUT2D eigenvalue weighted by molar-refractivity contribution is -0.126. The zero-order valence-electron chi connectivity index (χ0n) is 17.0. The molecule has 2 aromatic heterocycles. The molecule has 0 saturated carbocycles. The van der Waals surface area contributed by atoms with E-state index in [0.29, 0.717) is 17.5 Å². The summed E-state index contributed by atoms with van der Waals surface area (Å²) in [5.74, 6) is 0.249. The number of hydrogen-bond donors (Lipinski definition) is 1. The number of hydrogen-bond acceptors (Lipinski definition) is 5. The average molecular weight is 430 g/mol. The van der Waals surface area contributed by atoms with Gasteiger partial charge in [-0.15, -0.1) is 0 Å². The van der Waals surface area contributed by atoms with Crippen molar-refractivity contribution in [2.75, 3.05) is 16.8 Å². The minimum atomic E-state index is -1.07. The second-order valence-electron chi connectivity index (χ2n) is 7.98. The molecule has 0 saturated heterocycles. The van der Waals surface area contributed by atoms with Crippen LogP contribution in [0.5, 0.6) is 0 Å². The van der Waals surface area contributed by atoms with Crippen LogP contribution in [-0.2, 0) is 15.0 Å². The standard InChI is InChI=1S/C23H19N5O2S/c1-3-27-17-9-8-13(2)10-14(17)23(21(27)30)11-19(29)26-20-15(23)12-24-28(20)22-25-16-6-4-5-7-18(16)31-22/h4-10,12H,3,11H2,1-2H3,(H,26,29). The van der Waals surface area contributed by atoms with E-state index in [1.54, 1.807) is 15.8 Å². The van der Waals surface area contributed by atoms with Crippen molar-refractivity contribution in [3.05, 3.63) is 65.4 Å². The van der Waals surface area contributed by atoms with Crippen LogP contribution < -0.4 is 10.2 Å². The third-order valence-corrected chi connectivity index (χ3v) is 7.22. The monoisotopic (exact) mass is 429 g/mol. The van der Waals surface area contributed by atoms with Crippen LogP contribution in [0.15, 0.2) is 48.7 Å². The van der Waals surface area contributed by atoms with E-state index in [1.165, 1.54) is 11.3 Å². The molecule has 1 unspecified atom stereocenters. The van der Waals surface area contributed by atoms with Gasteiger partial charge in [-0.05, 0) is 37.6 Å². The number of benzene rings is 2. The van der Waals surface area contributed by atoms with E-state index in [2.05, 4.69) is 15.4 Å². The van der Waals surface area contributed by atoms with Gasteiger partial charge in [-0.3, -0.25) is 9.59 Å². The van der Waals surface area contributed by atoms with Gasteiger partial charge in [0.1, 0.15) is 11.2 Å². The maximum absolute atomic E-state index is 13.8. The van der Waals surface area contributed by atoms with Crippen molar-refractivity contribution >= 4 is 44.9 Å². The Kier molecular flexibility index (Phi) is 3.68. The normalized spacial score (nSPS) is 19.7. The Morgan fingerprint density at radius 2 is 2.00 bits per heavy atom. The number of nitrogens with zero attached hydrogens (tertiary/aromatic N) is 4. The number of nitrogens with one attached hydrogen (secondary N) is 1. The van der Waals surface area contributed by atoms with Gasteiger partial charge in [0, 0.05) is 24.2 Å². The smallest absolute Gasteiger partial charge is 0.242 e. The number of thiazole rings is 1. The molecule has 154 valence electrons. The molecular weight excluding hydrogens is 410 g/mol. The van der Waals surface area contributed by atoms with Gasteiger partial charge in [-0.2, -0.15) is 9.78 Å². The van der Waals surface area contributed by atoms with Crippen molar-refractivity contribution < 1.29 is 9.59 Å². The van der Waals surface area contributed by atoms with Crippen LogP contribution in [0, 0.1) is 6.92 Å². The van der Waals surface area contributed by atoms with E-state index >= 15 is 0 Å². The lowest BCUT2D eigenvalue weighted by atomic mass is 9.71. The first-order chi connectivity index (χ1) is 15.0. The van der Waals surface area contributed by atoms with Gasteiger partial charge in [-0.1, -0.05) is 41.2 Å². The number of amides is 2. The average Bonchev–Trinajstić information content (AvgIpc) is 3.42. The highest BCUT2D eigenvalue weighted by Crippen LogP contribution is 2.52.